The Hall–Kier alpha value is -2.73. The van der Waals surface area contributed by atoms with E-state index in [1.54, 1.807) is 18.2 Å². The van der Waals surface area contributed by atoms with Gasteiger partial charge in [-0.15, -0.1) is 0 Å². The monoisotopic (exact) mass is 406 g/mol. The number of anilines is 1. The number of benzene rings is 2. The maximum Gasteiger partial charge on any atom is 0.433 e. The molecule has 0 saturated heterocycles. The van der Waals surface area contributed by atoms with Gasteiger partial charge in [0.05, 0.1) is 0 Å². The summed E-state index contributed by atoms with van der Waals surface area (Å²) in [7, 11) is 0. The summed E-state index contributed by atoms with van der Waals surface area (Å²) in [6, 6.07) is 13.4. The third kappa shape index (κ3) is 4.95. The maximum absolute atomic E-state index is 12.8. The molecule has 0 saturated carbocycles. The molecular formula is C21H18ClF3N2O. The van der Waals surface area contributed by atoms with Crippen molar-refractivity contribution in [2.45, 2.75) is 26.6 Å². The lowest BCUT2D eigenvalue weighted by Gasteiger charge is -2.14. The zero-order chi connectivity index (χ0) is 20.3. The molecule has 1 heterocycles. The summed E-state index contributed by atoms with van der Waals surface area (Å²) in [6.07, 6.45) is -3.37. The molecule has 0 aliphatic heterocycles. The average molecular weight is 407 g/mol. The summed E-state index contributed by atoms with van der Waals surface area (Å²) in [5.41, 5.74) is 2.33. The van der Waals surface area contributed by atoms with Crippen molar-refractivity contribution in [3.63, 3.8) is 0 Å². The van der Waals surface area contributed by atoms with Crippen molar-refractivity contribution in [2.24, 2.45) is 0 Å². The molecular weight excluding hydrogens is 389 g/mol. The normalized spacial score (nSPS) is 11.4. The van der Waals surface area contributed by atoms with Crippen LogP contribution in [0.25, 0.3) is 0 Å². The van der Waals surface area contributed by atoms with Crippen LogP contribution in [0.2, 0.25) is 5.02 Å². The van der Waals surface area contributed by atoms with Crippen LogP contribution >= 0.6 is 11.6 Å². The van der Waals surface area contributed by atoms with Crippen LogP contribution in [-0.2, 0) is 12.7 Å². The predicted octanol–water partition coefficient (Wildman–Crippen LogP) is 6.78. The molecule has 3 aromatic rings. The zero-order valence-electron chi connectivity index (χ0n) is 15.3. The highest BCUT2D eigenvalue weighted by atomic mass is 35.5. The van der Waals surface area contributed by atoms with Crippen LogP contribution in [-0.4, -0.2) is 4.98 Å². The van der Waals surface area contributed by atoms with E-state index in [2.05, 4.69) is 10.3 Å². The molecule has 28 heavy (non-hydrogen) atoms. The Bertz CT molecular complexity index is 990. The minimum absolute atomic E-state index is 0.238. The highest BCUT2D eigenvalue weighted by molar-refractivity contribution is 6.30. The predicted molar refractivity (Wildman–Crippen MR) is 104 cm³/mol. The average Bonchev–Trinajstić information content (AvgIpc) is 2.64. The van der Waals surface area contributed by atoms with Crippen molar-refractivity contribution < 1.29 is 17.9 Å². The third-order valence-electron chi connectivity index (χ3n) is 4.26. The lowest BCUT2D eigenvalue weighted by atomic mass is 10.1. The Morgan fingerprint density at radius 2 is 1.79 bits per heavy atom. The van der Waals surface area contributed by atoms with Gasteiger partial charge in [0, 0.05) is 29.0 Å². The van der Waals surface area contributed by atoms with Crippen molar-refractivity contribution in [2.75, 3.05) is 5.32 Å². The van der Waals surface area contributed by atoms with E-state index in [4.69, 9.17) is 16.3 Å². The van der Waals surface area contributed by atoms with E-state index in [1.807, 2.05) is 32.0 Å². The quantitative estimate of drug-likeness (QED) is 0.507. The molecule has 146 valence electrons. The summed E-state index contributed by atoms with van der Waals surface area (Å²) in [6.45, 7) is 4.25. The van der Waals surface area contributed by atoms with Crippen molar-refractivity contribution in [1.29, 1.82) is 0 Å². The van der Waals surface area contributed by atoms with E-state index in [-0.39, 0.29) is 6.54 Å². The van der Waals surface area contributed by atoms with Crippen LogP contribution in [0.15, 0.2) is 54.7 Å². The van der Waals surface area contributed by atoms with Gasteiger partial charge in [0.1, 0.15) is 17.2 Å². The Kier molecular flexibility index (Phi) is 5.79. The lowest BCUT2D eigenvalue weighted by molar-refractivity contribution is -0.141. The summed E-state index contributed by atoms with van der Waals surface area (Å²) in [5, 5.41) is 3.48. The van der Waals surface area contributed by atoms with Gasteiger partial charge in [-0.2, -0.15) is 13.2 Å². The zero-order valence-corrected chi connectivity index (χ0v) is 16.0. The molecule has 0 unspecified atom stereocenters. The molecule has 1 N–H and O–H groups in total. The van der Waals surface area contributed by atoms with Gasteiger partial charge in [0.25, 0.3) is 0 Å². The first-order valence-corrected chi connectivity index (χ1v) is 8.91. The molecule has 7 heteroatoms. The number of aryl methyl sites for hydroxylation is 2. The Balaban J connectivity index is 1.80. The number of aromatic nitrogens is 1. The smallest absolute Gasteiger partial charge is 0.433 e. The number of hydrogen-bond donors (Lipinski definition) is 1. The molecule has 0 amide bonds. The topological polar surface area (TPSA) is 34.1 Å². The molecule has 0 aliphatic carbocycles. The number of pyridine rings is 1. The number of alkyl halides is 3. The van der Waals surface area contributed by atoms with Gasteiger partial charge in [-0.05, 0) is 67.4 Å². The first kappa shape index (κ1) is 20.0. The Labute approximate surface area is 166 Å². The van der Waals surface area contributed by atoms with Crippen molar-refractivity contribution in [1.82, 2.24) is 4.98 Å². The highest BCUT2D eigenvalue weighted by Crippen LogP contribution is 2.31. The number of ether oxygens (including phenoxy) is 1. The molecule has 0 atom stereocenters. The fraction of sp³-hybridized carbons (Fsp3) is 0.190. The molecule has 0 fully saturated rings. The highest BCUT2D eigenvalue weighted by Gasteiger charge is 2.32. The fourth-order valence-electron chi connectivity index (χ4n) is 2.58. The number of nitrogens with zero attached hydrogens (tertiary/aromatic N) is 1. The second-order valence-electron chi connectivity index (χ2n) is 6.38. The van der Waals surface area contributed by atoms with E-state index in [9.17, 15) is 13.2 Å². The molecule has 2 aromatic carbocycles. The summed E-state index contributed by atoms with van der Waals surface area (Å²) in [4.78, 5) is 3.36. The van der Waals surface area contributed by atoms with E-state index < -0.39 is 11.9 Å². The largest absolute Gasteiger partial charge is 0.457 e. The summed E-state index contributed by atoms with van der Waals surface area (Å²) < 4.78 is 44.4. The van der Waals surface area contributed by atoms with Gasteiger partial charge < -0.3 is 10.1 Å². The van der Waals surface area contributed by atoms with Gasteiger partial charge in [-0.25, -0.2) is 0 Å². The van der Waals surface area contributed by atoms with E-state index >= 15 is 0 Å². The van der Waals surface area contributed by atoms with Gasteiger partial charge in [-0.1, -0.05) is 17.7 Å². The SMILES string of the molecule is Cc1ccc(Oc2ccc(Cl)cc2CNc2ccnc(C(F)(F)F)c2)cc1C. The second kappa shape index (κ2) is 8.10. The molecule has 0 bridgehead atoms. The van der Waals surface area contributed by atoms with Crippen LogP contribution in [0.5, 0.6) is 11.5 Å². The molecule has 0 spiro atoms. The molecule has 0 aliphatic rings. The van der Waals surface area contributed by atoms with Crippen LogP contribution in [0, 0.1) is 13.8 Å². The van der Waals surface area contributed by atoms with Crippen LogP contribution < -0.4 is 10.1 Å². The molecule has 3 nitrogen and oxygen atoms in total. The number of nitrogens with one attached hydrogen (secondary N) is 1. The molecule has 0 radical (unpaired) electrons. The molecule has 1 aromatic heterocycles. The Morgan fingerprint density at radius 1 is 1.00 bits per heavy atom. The third-order valence-corrected chi connectivity index (χ3v) is 4.50. The maximum atomic E-state index is 12.8. The van der Waals surface area contributed by atoms with Crippen LogP contribution in [0.3, 0.4) is 0 Å². The van der Waals surface area contributed by atoms with Crippen molar-refractivity contribution in [3.8, 4) is 11.5 Å². The van der Waals surface area contributed by atoms with Crippen molar-refractivity contribution in [3.05, 3.63) is 82.1 Å². The fourth-order valence-corrected chi connectivity index (χ4v) is 2.78. The minimum atomic E-state index is -4.49. The Morgan fingerprint density at radius 3 is 2.50 bits per heavy atom. The minimum Gasteiger partial charge on any atom is -0.457 e. The first-order chi connectivity index (χ1) is 13.2. The van der Waals surface area contributed by atoms with Crippen LogP contribution in [0.4, 0.5) is 18.9 Å². The standard InChI is InChI=1S/C21H18ClF3N2O/c1-13-3-5-18(9-14(13)2)28-19-6-4-16(22)10-15(19)12-27-17-7-8-26-20(11-17)21(23,24)25/h3-11H,12H2,1-2H3,(H,26,27). The van der Waals surface area contributed by atoms with Gasteiger partial charge in [0.2, 0.25) is 0 Å². The number of hydrogen-bond acceptors (Lipinski definition) is 3. The van der Waals surface area contributed by atoms with Gasteiger partial charge >= 0.3 is 6.18 Å². The second-order valence-corrected chi connectivity index (χ2v) is 6.82. The van der Waals surface area contributed by atoms with Crippen molar-refractivity contribution >= 4 is 17.3 Å². The van der Waals surface area contributed by atoms with Gasteiger partial charge in [0.15, 0.2) is 0 Å². The van der Waals surface area contributed by atoms with Gasteiger partial charge in [-0.3, -0.25) is 4.98 Å². The lowest BCUT2D eigenvalue weighted by Crippen LogP contribution is -2.09. The van der Waals surface area contributed by atoms with E-state index in [0.29, 0.717) is 22.2 Å². The van der Waals surface area contributed by atoms with E-state index in [0.717, 1.165) is 29.0 Å². The number of halogens is 4. The van der Waals surface area contributed by atoms with Crippen LogP contribution in [0.1, 0.15) is 22.4 Å². The number of rotatable bonds is 5. The first-order valence-electron chi connectivity index (χ1n) is 8.53. The molecule has 3 rings (SSSR count). The summed E-state index contributed by atoms with van der Waals surface area (Å²) in [5.74, 6) is 1.25. The van der Waals surface area contributed by atoms with E-state index in [1.165, 1.54) is 6.07 Å². The summed E-state index contributed by atoms with van der Waals surface area (Å²) >= 11 is 6.09.